The summed E-state index contributed by atoms with van der Waals surface area (Å²) in [5.41, 5.74) is 4.11. The Morgan fingerprint density at radius 2 is 1.90 bits per heavy atom. The van der Waals surface area contributed by atoms with E-state index in [1.54, 1.807) is 0 Å². The first-order chi connectivity index (χ1) is 9.38. The molecular formula is C16H29N3O. The van der Waals surface area contributed by atoms with E-state index in [2.05, 4.69) is 44.6 Å². The van der Waals surface area contributed by atoms with E-state index in [4.69, 9.17) is 9.84 Å². The highest BCUT2D eigenvalue weighted by Crippen LogP contribution is 2.25. The molecule has 1 aromatic heterocycles. The molecule has 0 aliphatic carbocycles. The maximum Gasteiger partial charge on any atom is 0.0629 e. The van der Waals surface area contributed by atoms with Crippen molar-refractivity contribution in [3.8, 4) is 0 Å². The topological polar surface area (TPSA) is 39.1 Å². The van der Waals surface area contributed by atoms with Crippen LogP contribution in [0.1, 0.15) is 56.6 Å². The molecule has 0 bridgehead atoms. The minimum Gasteiger partial charge on any atom is -0.381 e. The second-order valence-corrected chi connectivity index (χ2v) is 6.86. The Hall–Kier alpha value is -0.870. The van der Waals surface area contributed by atoms with Crippen molar-refractivity contribution in [3.05, 3.63) is 17.0 Å². The van der Waals surface area contributed by atoms with Gasteiger partial charge in [0, 0.05) is 24.4 Å². The summed E-state index contributed by atoms with van der Waals surface area (Å²) in [6.07, 6.45) is 3.22. The van der Waals surface area contributed by atoms with Crippen LogP contribution in [-0.4, -0.2) is 35.1 Å². The highest BCUT2D eigenvalue weighted by atomic mass is 16.5. The van der Waals surface area contributed by atoms with Gasteiger partial charge in [-0.1, -0.05) is 0 Å². The summed E-state index contributed by atoms with van der Waals surface area (Å²) >= 11 is 0. The molecule has 0 spiro atoms. The lowest BCUT2D eigenvalue weighted by Crippen LogP contribution is -2.37. The number of hydrogen-bond acceptors (Lipinski definition) is 3. The molecule has 0 radical (unpaired) electrons. The molecule has 1 fully saturated rings. The minimum absolute atomic E-state index is 0.179. The highest BCUT2D eigenvalue weighted by Gasteiger charge is 2.21. The molecule has 20 heavy (non-hydrogen) atoms. The van der Waals surface area contributed by atoms with Crippen molar-refractivity contribution in [1.29, 1.82) is 0 Å². The Labute approximate surface area is 122 Å². The van der Waals surface area contributed by atoms with Crippen LogP contribution in [0.3, 0.4) is 0 Å². The molecule has 1 aromatic rings. The predicted octanol–water partition coefficient (Wildman–Crippen LogP) is 2.78. The Balaban J connectivity index is 2.04. The van der Waals surface area contributed by atoms with E-state index < -0.39 is 0 Å². The molecule has 1 N–H and O–H groups in total. The van der Waals surface area contributed by atoms with Crippen molar-refractivity contribution in [2.45, 2.75) is 65.5 Å². The van der Waals surface area contributed by atoms with Crippen LogP contribution in [0.25, 0.3) is 0 Å². The standard InChI is InChI=1S/C16H29N3O/c1-12-15(6-9-17-16(3,4)5)13(2)19(18-12)14-7-10-20-11-8-14/h14,17H,6-11H2,1-5H3. The maximum atomic E-state index is 5.45. The summed E-state index contributed by atoms with van der Waals surface area (Å²) < 4.78 is 7.69. The molecule has 2 heterocycles. The third-order valence-corrected chi connectivity index (χ3v) is 4.04. The summed E-state index contributed by atoms with van der Waals surface area (Å²) in [4.78, 5) is 0. The maximum absolute atomic E-state index is 5.45. The fourth-order valence-electron chi connectivity index (χ4n) is 2.91. The van der Waals surface area contributed by atoms with E-state index >= 15 is 0 Å². The van der Waals surface area contributed by atoms with Crippen LogP contribution in [0.15, 0.2) is 0 Å². The van der Waals surface area contributed by atoms with Gasteiger partial charge in [0.15, 0.2) is 0 Å². The van der Waals surface area contributed by atoms with Gasteiger partial charge in [-0.05, 0) is 66.0 Å². The number of hydrogen-bond donors (Lipinski definition) is 1. The van der Waals surface area contributed by atoms with Gasteiger partial charge in [0.05, 0.1) is 11.7 Å². The quantitative estimate of drug-likeness (QED) is 0.921. The largest absolute Gasteiger partial charge is 0.381 e. The molecule has 4 heteroatoms. The van der Waals surface area contributed by atoms with Gasteiger partial charge in [0.2, 0.25) is 0 Å². The van der Waals surface area contributed by atoms with Gasteiger partial charge in [-0.3, -0.25) is 4.68 Å². The van der Waals surface area contributed by atoms with E-state index in [9.17, 15) is 0 Å². The molecule has 114 valence electrons. The Morgan fingerprint density at radius 3 is 2.50 bits per heavy atom. The van der Waals surface area contributed by atoms with Crippen molar-refractivity contribution in [3.63, 3.8) is 0 Å². The molecule has 0 atom stereocenters. The van der Waals surface area contributed by atoms with Gasteiger partial charge in [-0.2, -0.15) is 5.10 Å². The van der Waals surface area contributed by atoms with Gasteiger partial charge in [-0.15, -0.1) is 0 Å². The number of aromatic nitrogens is 2. The van der Waals surface area contributed by atoms with Crippen LogP contribution in [0.5, 0.6) is 0 Å². The molecule has 0 saturated carbocycles. The second-order valence-electron chi connectivity index (χ2n) is 6.86. The predicted molar refractivity (Wildman–Crippen MR) is 82.3 cm³/mol. The van der Waals surface area contributed by atoms with Crippen molar-refractivity contribution < 1.29 is 4.74 Å². The molecule has 0 unspecified atom stereocenters. The fraction of sp³-hybridized carbons (Fsp3) is 0.812. The van der Waals surface area contributed by atoms with Gasteiger partial charge >= 0.3 is 0 Å². The Kier molecular flexibility index (Phi) is 4.86. The van der Waals surface area contributed by atoms with Crippen LogP contribution in [0.2, 0.25) is 0 Å². The lowest BCUT2D eigenvalue weighted by atomic mass is 10.1. The van der Waals surface area contributed by atoms with Crippen molar-refractivity contribution in [2.24, 2.45) is 0 Å². The zero-order valence-electron chi connectivity index (χ0n) is 13.6. The van der Waals surface area contributed by atoms with Crippen molar-refractivity contribution >= 4 is 0 Å². The van der Waals surface area contributed by atoms with Gasteiger partial charge in [0.1, 0.15) is 0 Å². The molecule has 0 aromatic carbocycles. The first-order valence-electron chi connectivity index (χ1n) is 7.76. The number of aryl methyl sites for hydroxylation is 1. The Bertz CT molecular complexity index is 439. The smallest absolute Gasteiger partial charge is 0.0629 e. The summed E-state index contributed by atoms with van der Waals surface area (Å²) in [5.74, 6) is 0. The van der Waals surface area contributed by atoms with Crippen LogP contribution in [0, 0.1) is 13.8 Å². The SMILES string of the molecule is Cc1nn(C2CCOCC2)c(C)c1CCNC(C)(C)C. The normalized spacial score (nSPS) is 17.6. The summed E-state index contributed by atoms with van der Waals surface area (Å²) in [6, 6.07) is 0.520. The summed E-state index contributed by atoms with van der Waals surface area (Å²) in [7, 11) is 0. The van der Waals surface area contributed by atoms with Crippen LogP contribution < -0.4 is 5.32 Å². The molecule has 0 amide bonds. The van der Waals surface area contributed by atoms with Gasteiger partial charge in [0.25, 0.3) is 0 Å². The van der Waals surface area contributed by atoms with E-state index in [0.29, 0.717) is 6.04 Å². The Morgan fingerprint density at radius 1 is 1.25 bits per heavy atom. The zero-order chi connectivity index (χ0) is 14.8. The zero-order valence-corrected chi connectivity index (χ0v) is 13.6. The lowest BCUT2D eigenvalue weighted by Gasteiger charge is -2.24. The molecular weight excluding hydrogens is 250 g/mol. The fourth-order valence-corrected chi connectivity index (χ4v) is 2.91. The molecule has 2 rings (SSSR count). The molecule has 1 aliphatic rings. The molecule has 1 aliphatic heterocycles. The number of rotatable bonds is 4. The van der Waals surface area contributed by atoms with Crippen molar-refractivity contribution in [1.82, 2.24) is 15.1 Å². The van der Waals surface area contributed by atoms with Crippen molar-refractivity contribution in [2.75, 3.05) is 19.8 Å². The third-order valence-electron chi connectivity index (χ3n) is 4.04. The van der Waals surface area contributed by atoms with E-state index in [1.165, 1.54) is 17.0 Å². The molecule has 4 nitrogen and oxygen atoms in total. The monoisotopic (exact) mass is 279 g/mol. The number of ether oxygens (including phenoxy) is 1. The first-order valence-corrected chi connectivity index (χ1v) is 7.76. The third kappa shape index (κ3) is 3.83. The average molecular weight is 279 g/mol. The lowest BCUT2D eigenvalue weighted by molar-refractivity contribution is 0.0656. The second kappa shape index (κ2) is 6.27. The van der Waals surface area contributed by atoms with Gasteiger partial charge < -0.3 is 10.1 Å². The van der Waals surface area contributed by atoms with E-state index in [0.717, 1.165) is 39.0 Å². The van der Waals surface area contributed by atoms with E-state index in [1.807, 2.05) is 0 Å². The number of nitrogens with zero attached hydrogens (tertiary/aromatic N) is 2. The first kappa shape index (κ1) is 15.5. The van der Waals surface area contributed by atoms with Crippen LogP contribution >= 0.6 is 0 Å². The minimum atomic E-state index is 0.179. The highest BCUT2D eigenvalue weighted by molar-refractivity contribution is 5.25. The summed E-state index contributed by atoms with van der Waals surface area (Å²) in [6.45, 7) is 13.7. The average Bonchev–Trinajstić information content (AvgIpc) is 2.66. The van der Waals surface area contributed by atoms with Crippen LogP contribution in [0.4, 0.5) is 0 Å². The molecule has 1 saturated heterocycles. The van der Waals surface area contributed by atoms with E-state index in [-0.39, 0.29) is 5.54 Å². The van der Waals surface area contributed by atoms with Crippen LogP contribution in [-0.2, 0) is 11.2 Å². The number of nitrogens with one attached hydrogen (secondary N) is 1. The summed E-state index contributed by atoms with van der Waals surface area (Å²) in [5, 5.41) is 8.34. The van der Waals surface area contributed by atoms with Gasteiger partial charge in [-0.25, -0.2) is 0 Å².